The number of ether oxygens (including phenoxy) is 1. The van der Waals surface area contributed by atoms with Crippen LogP contribution in [0.2, 0.25) is 0 Å². The van der Waals surface area contributed by atoms with Crippen molar-refractivity contribution >= 4 is 25.7 Å². The fourth-order valence-corrected chi connectivity index (χ4v) is 5.45. The number of hydrogen-bond acceptors (Lipinski definition) is 5. The molecule has 0 fully saturated rings. The van der Waals surface area contributed by atoms with E-state index < -0.39 is 20.0 Å². The van der Waals surface area contributed by atoms with Crippen LogP contribution < -0.4 is 9.46 Å². The maximum absolute atomic E-state index is 12.7. The number of aryl methyl sites for hydroxylation is 1. The van der Waals surface area contributed by atoms with Crippen LogP contribution in [0.1, 0.15) is 23.6 Å². The van der Waals surface area contributed by atoms with Crippen LogP contribution in [-0.4, -0.2) is 40.5 Å². The number of hydrogen-bond donors (Lipinski definition) is 1. The maximum Gasteiger partial charge on any atom is 0.261 e. The van der Waals surface area contributed by atoms with Crippen LogP contribution in [0.5, 0.6) is 5.75 Å². The zero-order chi connectivity index (χ0) is 20.5. The molecule has 2 aromatic rings. The summed E-state index contributed by atoms with van der Waals surface area (Å²) < 4.78 is 59.0. The van der Waals surface area contributed by atoms with E-state index in [0.29, 0.717) is 24.4 Å². The molecule has 0 saturated heterocycles. The predicted octanol–water partition coefficient (Wildman–Crippen LogP) is 2.51. The largest absolute Gasteiger partial charge is 0.496 e. The molecule has 0 spiro atoms. The second kappa shape index (κ2) is 7.73. The van der Waals surface area contributed by atoms with E-state index in [1.54, 1.807) is 38.1 Å². The Balaban J connectivity index is 1.86. The van der Waals surface area contributed by atoms with Gasteiger partial charge in [0.25, 0.3) is 10.0 Å². The number of nitrogens with one attached hydrogen (secondary N) is 1. The van der Waals surface area contributed by atoms with Crippen LogP contribution >= 0.6 is 0 Å². The van der Waals surface area contributed by atoms with Gasteiger partial charge in [-0.3, -0.25) is 4.72 Å². The highest BCUT2D eigenvalue weighted by Gasteiger charge is 2.25. The summed E-state index contributed by atoms with van der Waals surface area (Å²) in [6.45, 7) is 4.09. The molecule has 1 heterocycles. The summed E-state index contributed by atoms with van der Waals surface area (Å²) in [6, 6.07) is 9.92. The average Bonchev–Trinajstić information content (AvgIpc) is 2.67. The smallest absolute Gasteiger partial charge is 0.261 e. The third-order valence-corrected chi connectivity index (χ3v) is 8.08. The lowest BCUT2D eigenvalue weighted by molar-refractivity contribution is 0.392. The van der Waals surface area contributed by atoms with Gasteiger partial charge in [-0.15, -0.1) is 0 Å². The summed E-state index contributed by atoms with van der Waals surface area (Å²) in [4.78, 5) is 0.138. The molecule has 3 rings (SSSR count). The van der Waals surface area contributed by atoms with Crippen LogP contribution in [0.3, 0.4) is 0 Å². The molecule has 1 aliphatic heterocycles. The fraction of sp³-hybridized carbons (Fsp3) is 0.368. The molecule has 2 aromatic carbocycles. The van der Waals surface area contributed by atoms with Gasteiger partial charge in [0.05, 0.1) is 17.8 Å². The summed E-state index contributed by atoms with van der Waals surface area (Å²) in [6.07, 6.45) is 0.610. The number of fused-ring (bicyclic) bond motifs is 1. The van der Waals surface area contributed by atoms with Crippen molar-refractivity contribution in [1.29, 1.82) is 0 Å². The number of methoxy groups -OCH3 is 1. The topological polar surface area (TPSA) is 92.8 Å². The van der Waals surface area contributed by atoms with E-state index in [1.807, 2.05) is 6.07 Å². The lowest BCUT2D eigenvalue weighted by atomic mass is 10.0. The van der Waals surface area contributed by atoms with Crippen LogP contribution in [0.15, 0.2) is 41.3 Å². The molecule has 1 N–H and O–H groups in total. The minimum absolute atomic E-state index is 0.0471. The van der Waals surface area contributed by atoms with Crippen molar-refractivity contribution in [1.82, 2.24) is 4.31 Å². The first-order chi connectivity index (χ1) is 13.2. The van der Waals surface area contributed by atoms with Gasteiger partial charge in [-0.1, -0.05) is 6.07 Å². The van der Waals surface area contributed by atoms with E-state index in [9.17, 15) is 16.8 Å². The molecule has 0 atom stereocenters. The Hall–Kier alpha value is -2.10. The molecule has 7 nitrogen and oxygen atoms in total. The number of nitrogens with zero attached hydrogens (tertiary/aromatic N) is 1. The Morgan fingerprint density at radius 3 is 2.46 bits per heavy atom. The van der Waals surface area contributed by atoms with Gasteiger partial charge in [-0.25, -0.2) is 16.8 Å². The SMILES string of the molecule is CCS(=O)(=O)N1CCc2ccc(NS(=O)(=O)c3ccc(OC)c(C)c3)cc2C1. The lowest BCUT2D eigenvalue weighted by Gasteiger charge is -2.28. The first kappa shape index (κ1) is 20.6. The fourth-order valence-electron chi connectivity index (χ4n) is 3.25. The molecule has 0 saturated carbocycles. The van der Waals surface area contributed by atoms with E-state index in [0.717, 1.165) is 16.7 Å². The Bertz CT molecular complexity index is 1100. The standard InChI is InChI=1S/C19H24N2O5S2/c1-4-27(22,23)21-10-9-15-5-6-17(12-16(15)13-21)20-28(24,25)18-7-8-19(26-3)14(2)11-18/h5-8,11-12,20H,4,9-10,13H2,1-3H3. The third-order valence-electron chi connectivity index (χ3n) is 4.87. The molecule has 0 aromatic heterocycles. The first-order valence-corrected chi connectivity index (χ1v) is 12.0. The summed E-state index contributed by atoms with van der Waals surface area (Å²) in [7, 11) is -5.52. The van der Waals surface area contributed by atoms with Gasteiger partial charge in [0, 0.05) is 18.8 Å². The molecule has 0 unspecified atom stereocenters. The number of sulfonamides is 2. The molecule has 0 amide bonds. The van der Waals surface area contributed by atoms with Crippen molar-refractivity contribution < 1.29 is 21.6 Å². The van der Waals surface area contributed by atoms with Crippen LogP contribution in [0.25, 0.3) is 0 Å². The van der Waals surface area contributed by atoms with E-state index in [2.05, 4.69) is 4.72 Å². The van der Waals surface area contributed by atoms with Crippen molar-refractivity contribution in [3.63, 3.8) is 0 Å². The lowest BCUT2D eigenvalue weighted by Crippen LogP contribution is -2.36. The quantitative estimate of drug-likeness (QED) is 0.769. The summed E-state index contributed by atoms with van der Waals surface area (Å²) in [5.41, 5.74) is 2.97. The van der Waals surface area contributed by atoms with E-state index in [1.165, 1.54) is 17.5 Å². The second-order valence-electron chi connectivity index (χ2n) is 6.70. The van der Waals surface area contributed by atoms with Crippen LogP contribution in [0, 0.1) is 6.92 Å². The number of rotatable bonds is 6. The zero-order valence-corrected chi connectivity index (χ0v) is 17.7. The Kier molecular flexibility index (Phi) is 5.69. The molecular formula is C19H24N2O5S2. The average molecular weight is 425 g/mol. The highest BCUT2D eigenvalue weighted by atomic mass is 32.2. The Morgan fingerprint density at radius 2 is 1.82 bits per heavy atom. The predicted molar refractivity (Wildman–Crippen MR) is 109 cm³/mol. The first-order valence-electron chi connectivity index (χ1n) is 8.93. The van der Waals surface area contributed by atoms with Gasteiger partial charge in [0.1, 0.15) is 5.75 Å². The van der Waals surface area contributed by atoms with Gasteiger partial charge in [-0.2, -0.15) is 4.31 Å². The molecule has 0 aliphatic carbocycles. The van der Waals surface area contributed by atoms with E-state index in [4.69, 9.17) is 4.74 Å². The minimum atomic E-state index is -3.77. The Labute approximate surface area is 166 Å². The van der Waals surface area contributed by atoms with Crippen molar-refractivity contribution in [3.05, 3.63) is 53.1 Å². The molecule has 9 heteroatoms. The summed E-state index contributed by atoms with van der Waals surface area (Å²) in [5, 5.41) is 0. The van der Waals surface area contributed by atoms with Crippen molar-refractivity contribution in [2.24, 2.45) is 0 Å². The van der Waals surface area contributed by atoms with Crippen LogP contribution in [0.4, 0.5) is 5.69 Å². The van der Waals surface area contributed by atoms with Gasteiger partial charge in [0.2, 0.25) is 10.0 Å². The molecule has 152 valence electrons. The molecule has 0 radical (unpaired) electrons. The van der Waals surface area contributed by atoms with Gasteiger partial charge in [0.15, 0.2) is 0 Å². The summed E-state index contributed by atoms with van der Waals surface area (Å²) in [5.74, 6) is 0.663. The van der Waals surface area contributed by atoms with Gasteiger partial charge in [-0.05, 0) is 67.3 Å². The highest BCUT2D eigenvalue weighted by Crippen LogP contribution is 2.27. The normalized spacial score (nSPS) is 15.1. The maximum atomic E-state index is 12.7. The van der Waals surface area contributed by atoms with Gasteiger partial charge >= 0.3 is 0 Å². The highest BCUT2D eigenvalue weighted by molar-refractivity contribution is 7.92. The van der Waals surface area contributed by atoms with Crippen molar-refractivity contribution in [2.45, 2.75) is 31.7 Å². The molecule has 28 heavy (non-hydrogen) atoms. The number of anilines is 1. The molecule has 0 bridgehead atoms. The van der Waals surface area contributed by atoms with Crippen molar-refractivity contribution in [3.8, 4) is 5.75 Å². The van der Waals surface area contributed by atoms with Gasteiger partial charge < -0.3 is 4.74 Å². The van der Waals surface area contributed by atoms with E-state index >= 15 is 0 Å². The molecular weight excluding hydrogens is 400 g/mol. The monoisotopic (exact) mass is 424 g/mol. The molecule has 1 aliphatic rings. The van der Waals surface area contributed by atoms with Crippen LogP contribution in [-0.2, 0) is 33.0 Å². The zero-order valence-electron chi connectivity index (χ0n) is 16.1. The Morgan fingerprint density at radius 1 is 1.07 bits per heavy atom. The summed E-state index contributed by atoms with van der Waals surface area (Å²) >= 11 is 0. The third kappa shape index (κ3) is 4.16. The second-order valence-corrected chi connectivity index (χ2v) is 10.6. The minimum Gasteiger partial charge on any atom is -0.496 e. The number of benzene rings is 2. The van der Waals surface area contributed by atoms with E-state index in [-0.39, 0.29) is 17.2 Å². The van der Waals surface area contributed by atoms with Crippen molar-refractivity contribution in [2.75, 3.05) is 24.1 Å².